The molecule has 0 aromatic heterocycles. The van der Waals surface area contributed by atoms with E-state index < -0.39 is 17.8 Å². The largest absolute Gasteiger partial charge is 0.493 e. The van der Waals surface area contributed by atoms with Crippen LogP contribution in [0.3, 0.4) is 0 Å². The molecule has 1 aliphatic heterocycles. The molecule has 0 saturated carbocycles. The molecular weight excluding hydrogens is 616 g/mol. The van der Waals surface area contributed by atoms with Gasteiger partial charge in [0.05, 0.1) is 17.3 Å². The SMILES string of the molecule is COc1cc(/C=C2\C(=O)NC(=O)N(c3ccc(C)c(Cl)c3)C2=O)cc(Br)c1OCc1ccccc1Br. The molecule has 4 rings (SSSR count). The lowest BCUT2D eigenvalue weighted by Gasteiger charge is -2.26. The van der Waals surface area contributed by atoms with E-state index in [1.807, 2.05) is 24.3 Å². The van der Waals surface area contributed by atoms with Gasteiger partial charge in [-0.2, -0.15) is 0 Å². The Balaban J connectivity index is 1.66. The fourth-order valence-electron chi connectivity index (χ4n) is 3.51. The van der Waals surface area contributed by atoms with Gasteiger partial charge in [-0.25, -0.2) is 9.69 Å². The minimum Gasteiger partial charge on any atom is -0.493 e. The smallest absolute Gasteiger partial charge is 0.335 e. The van der Waals surface area contributed by atoms with Crippen LogP contribution >= 0.6 is 43.5 Å². The topological polar surface area (TPSA) is 84.9 Å². The van der Waals surface area contributed by atoms with Crippen LogP contribution in [0.15, 0.2) is 69.1 Å². The van der Waals surface area contributed by atoms with Gasteiger partial charge in [0.15, 0.2) is 11.5 Å². The van der Waals surface area contributed by atoms with Crippen molar-refractivity contribution in [1.82, 2.24) is 5.32 Å². The van der Waals surface area contributed by atoms with E-state index in [2.05, 4.69) is 37.2 Å². The number of urea groups is 1. The second-order valence-electron chi connectivity index (χ2n) is 7.81. The fourth-order valence-corrected chi connectivity index (χ4v) is 4.66. The molecule has 0 unspecified atom stereocenters. The summed E-state index contributed by atoms with van der Waals surface area (Å²) in [6.45, 7) is 2.09. The molecule has 36 heavy (non-hydrogen) atoms. The number of nitrogens with zero attached hydrogens (tertiary/aromatic N) is 1. The number of methoxy groups -OCH3 is 1. The van der Waals surface area contributed by atoms with Crippen LogP contribution in [0.25, 0.3) is 6.08 Å². The Labute approximate surface area is 229 Å². The maximum absolute atomic E-state index is 13.2. The van der Waals surface area contributed by atoms with Crippen LogP contribution in [-0.4, -0.2) is 25.0 Å². The summed E-state index contributed by atoms with van der Waals surface area (Å²) in [5, 5.41) is 2.60. The molecule has 1 fully saturated rings. The summed E-state index contributed by atoms with van der Waals surface area (Å²) in [5.41, 5.74) is 2.25. The van der Waals surface area contributed by atoms with Crippen LogP contribution in [0.5, 0.6) is 11.5 Å². The second kappa shape index (κ2) is 10.9. The first-order valence-electron chi connectivity index (χ1n) is 10.6. The number of carbonyl (C=O) groups is 3. The van der Waals surface area contributed by atoms with Crippen molar-refractivity contribution in [2.75, 3.05) is 12.0 Å². The summed E-state index contributed by atoms with van der Waals surface area (Å²) in [6.07, 6.45) is 1.39. The highest BCUT2D eigenvalue weighted by molar-refractivity contribution is 9.10. The number of ether oxygens (including phenoxy) is 2. The van der Waals surface area contributed by atoms with Gasteiger partial charge in [-0.05, 0) is 70.4 Å². The molecule has 0 atom stereocenters. The Morgan fingerprint density at radius 3 is 2.47 bits per heavy atom. The zero-order chi connectivity index (χ0) is 26.0. The fraction of sp³-hybridized carbons (Fsp3) is 0.115. The molecule has 1 N–H and O–H groups in total. The van der Waals surface area contributed by atoms with Crippen LogP contribution in [0, 0.1) is 6.92 Å². The zero-order valence-electron chi connectivity index (χ0n) is 19.1. The Kier molecular flexibility index (Phi) is 7.82. The second-order valence-corrected chi connectivity index (χ2v) is 9.92. The van der Waals surface area contributed by atoms with E-state index in [4.69, 9.17) is 21.1 Å². The van der Waals surface area contributed by atoms with Gasteiger partial charge in [0.25, 0.3) is 11.8 Å². The molecule has 7 nitrogen and oxygen atoms in total. The van der Waals surface area contributed by atoms with Crippen molar-refractivity contribution in [1.29, 1.82) is 0 Å². The minimum absolute atomic E-state index is 0.220. The van der Waals surface area contributed by atoms with Crippen LogP contribution in [0.2, 0.25) is 5.02 Å². The van der Waals surface area contributed by atoms with E-state index >= 15 is 0 Å². The van der Waals surface area contributed by atoms with E-state index in [9.17, 15) is 14.4 Å². The molecule has 3 aromatic carbocycles. The third-order valence-electron chi connectivity index (χ3n) is 5.41. The monoisotopic (exact) mass is 632 g/mol. The van der Waals surface area contributed by atoms with Gasteiger partial charge in [0.1, 0.15) is 12.2 Å². The zero-order valence-corrected chi connectivity index (χ0v) is 23.0. The lowest BCUT2D eigenvalue weighted by Crippen LogP contribution is -2.54. The normalized spacial score (nSPS) is 14.8. The molecule has 4 amide bonds. The van der Waals surface area contributed by atoms with E-state index in [0.29, 0.717) is 26.6 Å². The molecule has 3 aromatic rings. The van der Waals surface area contributed by atoms with E-state index in [-0.39, 0.29) is 17.9 Å². The maximum atomic E-state index is 13.2. The first-order chi connectivity index (χ1) is 17.2. The average Bonchev–Trinajstić information content (AvgIpc) is 2.83. The van der Waals surface area contributed by atoms with Crippen LogP contribution in [0.1, 0.15) is 16.7 Å². The first-order valence-corrected chi connectivity index (χ1v) is 12.6. The van der Waals surface area contributed by atoms with Gasteiger partial charge >= 0.3 is 6.03 Å². The van der Waals surface area contributed by atoms with Crippen LogP contribution < -0.4 is 19.7 Å². The van der Waals surface area contributed by atoms with Gasteiger partial charge in [0.2, 0.25) is 0 Å². The van der Waals surface area contributed by atoms with Crippen molar-refractivity contribution in [3.63, 3.8) is 0 Å². The summed E-state index contributed by atoms with van der Waals surface area (Å²) in [7, 11) is 1.49. The number of rotatable bonds is 6. The van der Waals surface area contributed by atoms with Crippen LogP contribution in [0.4, 0.5) is 10.5 Å². The van der Waals surface area contributed by atoms with Gasteiger partial charge in [-0.15, -0.1) is 0 Å². The van der Waals surface area contributed by atoms with Gasteiger partial charge in [0, 0.05) is 15.1 Å². The van der Waals surface area contributed by atoms with Crippen molar-refractivity contribution >= 4 is 73.1 Å². The highest BCUT2D eigenvalue weighted by Crippen LogP contribution is 2.38. The van der Waals surface area contributed by atoms with Crippen molar-refractivity contribution in [3.8, 4) is 11.5 Å². The highest BCUT2D eigenvalue weighted by Gasteiger charge is 2.37. The third kappa shape index (κ3) is 5.33. The Bertz CT molecular complexity index is 1420. The first kappa shape index (κ1) is 25.9. The van der Waals surface area contributed by atoms with Crippen molar-refractivity contribution in [3.05, 3.63) is 90.8 Å². The summed E-state index contributed by atoms with van der Waals surface area (Å²) < 4.78 is 13.0. The molecular formula is C26H19Br2ClN2O5. The maximum Gasteiger partial charge on any atom is 0.335 e. The number of nitrogens with one attached hydrogen (secondary N) is 1. The standard InChI is InChI=1S/C26H19Br2ClN2O5/c1-14-7-8-17(12-21(14)29)31-25(33)18(24(32)30-26(31)34)9-15-10-20(28)23(22(11-15)35-2)36-13-16-5-3-4-6-19(16)27/h3-12H,13H2,1-2H3,(H,30,32,34)/b18-9+. The summed E-state index contributed by atoms with van der Waals surface area (Å²) in [4.78, 5) is 39.1. The number of imide groups is 2. The predicted molar refractivity (Wildman–Crippen MR) is 144 cm³/mol. The third-order valence-corrected chi connectivity index (χ3v) is 7.18. The number of carbonyl (C=O) groups excluding carboxylic acids is 3. The molecule has 1 saturated heterocycles. The van der Waals surface area contributed by atoms with Gasteiger partial charge < -0.3 is 9.47 Å². The Morgan fingerprint density at radius 2 is 1.78 bits per heavy atom. The number of benzene rings is 3. The van der Waals surface area contributed by atoms with Gasteiger partial charge in [-0.1, -0.05) is 51.8 Å². The molecule has 184 valence electrons. The molecule has 0 spiro atoms. The van der Waals surface area contributed by atoms with Crippen molar-refractivity contribution < 1.29 is 23.9 Å². The number of aryl methyl sites for hydroxylation is 1. The van der Waals surface area contributed by atoms with E-state index in [0.717, 1.165) is 20.5 Å². The van der Waals surface area contributed by atoms with Gasteiger partial charge in [-0.3, -0.25) is 14.9 Å². The molecule has 1 aliphatic rings. The quantitative estimate of drug-likeness (QED) is 0.250. The summed E-state index contributed by atoms with van der Waals surface area (Å²) in [6, 6.07) is 14.9. The summed E-state index contributed by atoms with van der Waals surface area (Å²) in [5.74, 6) is -0.720. The number of amides is 4. The van der Waals surface area contributed by atoms with E-state index in [1.54, 1.807) is 31.2 Å². The number of halogens is 3. The van der Waals surface area contributed by atoms with Crippen molar-refractivity contribution in [2.24, 2.45) is 0 Å². The van der Waals surface area contributed by atoms with Crippen molar-refractivity contribution in [2.45, 2.75) is 13.5 Å². The Morgan fingerprint density at radius 1 is 1.03 bits per heavy atom. The molecule has 0 aliphatic carbocycles. The molecule has 1 heterocycles. The Hall–Kier alpha value is -3.14. The predicted octanol–water partition coefficient (Wildman–Crippen LogP) is 6.43. The highest BCUT2D eigenvalue weighted by atomic mass is 79.9. The number of hydrogen-bond acceptors (Lipinski definition) is 5. The van der Waals surface area contributed by atoms with E-state index in [1.165, 1.54) is 19.3 Å². The minimum atomic E-state index is -0.850. The number of hydrogen-bond donors (Lipinski definition) is 1. The lowest BCUT2D eigenvalue weighted by atomic mass is 10.1. The molecule has 0 radical (unpaired) electrons. The number of barbiturate groups is 1. The average molecular weight is 635 g/mol. The lowest BCUT2D eigenvalue weighted by molar-refractivity contribution is -0.122. The molecule has 0 bridgehead atoms. The number of anilines is 1. The van der Waals surface area contributed by atoms with Crippen LogP contribution in [-0.2, 0) is 16.2 Å². The molecule has 10 heteroatoms. The summed E-state index contributed by atoms with van der Waals surface area (Å²) >= 11 is 13.2.